The van der Waals surface area contributed by atoms with Crippen molar-refractivity contribution in [3.63, 3.8) is 0 Å². The highest BCUT2D eigenvalue weighted by atomic mass is 16.5. The molecule has 4 heterocycles. The summed E-state index contributed by atoms with van der Waals surface area (Å²) in [5.41, 5.74) is 0.765. The van der Waals surface area contributed by atoms with Crippen LogP contribution in [0.3, 0.4) is 0 Å². The maximum atomic E-state index is 9.96. The number of aromatic hydroxyl groups is 1. The fourth-order valence-electron chi connectivity index (χ4n) is 4.15. The van der Waals surface area contributed by atoms with E-state index >= 15 is 0 Å². The van der Waals surface area contributed by atoms with Crippen LogP contribution in [0.5, 0.6) is 11.6 Å². The van der Waals surface area contributed by atoms with Gasteiger partial charge in [-0.1, -0.05) is 0 Å². The summed E-state index contributed by atoms with van der Waals surface area (Å²) in [6.07, 6.45) is 8.74. The van der Waals surface area contributed by atoms with E-state index in [0.717, 1.165) is 55.5 Å². The lowest BCUT2D eigenvalue weighted by Crippen LogP contribution is -2.37. The Hall–Kier alpha value is -3.20. The normalized spacial score (nSPS) is 21.7. The highest BCUT2D eigenvalue weighted by Gasteiger charge is 2.25. The number of aromatic nitrogens is 4. The van der Waals surface area contributed by atoms with Gasteiger partial charge in [0.1, 0.15) is 17.7 Å². The summed E-state index contributed by atoms with van der Waals surface area (Å²) in [4.78, 5) is 19.9. The molecule has 0 atom stereocenters. The Bertz CT molecular complexity index is 1020. The summed E-state index contributed by atoms with van der Waals surface area (Å²) < 4.78 is 11.8. The predicted molar refractivity (Wildman–Crippen MR) is 117 cm³/mol. The number of rotatable bonds is 5. The van der Waals surface area contributed by atoms with Gasteiger partial charge >= 0.3 is 0 Å². The summed E-state index contributed by atoms with van der Waals surface area (Å²) in [5, 5.41) is 14.1. The average molecular weight is 422 g/mol. The van der Waals surface area contributed by atoms with Gasteiger partial charge in [0, 0.05) is 37.6 Å². The molecule has 1 aliphatic heterocycles. The molecule has 2 aliphatic rings. The molecule has 162 valence electrons. The van der Waals surface area contributed by atoms with Crippen LogP contribution in [0, 0.1) is 0 Å². The Morgan fingerprint density at radius 3 is 2.58 bits per heavy atom. The Morgan fingerprint density at radius 1 is 1.03 bits per heavy atom. The van der Waals surface area contributed by atoms with Gasteiger partial charge in [-0.2, -0.15) is 4.98 Å². The van der Waals surface area contributed by atoms with Gasteiger partial charge in [0.25, 0.3) is 0 Å². The van der Waals surface area contributed by atoms with Crippen LogP contribution in [0.1, 0.15) is 25.7 Å². The number of nitrogens with one attached hydrogen (secondary N) is 1. The quantitative estimate of drug-likeness (QED) is 0.642. The maximum absolute atomic E-state index is 9.96. The summed E-state index contributed by atoms with van der Waals surface area (Å²) in [7, 11) is 0. The number of hydrogen-bond acceptors (Lipinski definition) is 9. The lowest BCUT2D eigenvalue weighted by Gasteiger charge is -2.31. The molecule has 9 nitrogen and oxygen atoms in total. The molecule has 31 heavy (non-hydrogen) atoms. The molecule has 0 radical (unpaired) electrons. The smallest absolute Gasteiger partial charge is 0.225 e. The molecule has 1 aliphatic carbocycles. The Labute approximate surface area is 180 Å². The Kier molecular flexibility index (Phi) is 5.66. The van der Waals surface area contributed by atoms with Gasteiger partial charge in [0.05, 0.1) is 30.3 Å². The van der Waals surface area contributed by atoms with Gasteiger partial charge in [0.2, 0.25) is 11.8 Å². The van der Waals surface area contributed by atoms with Gasteiger partial charge in [-0.15, -0.1) is 0 Å². The van der Waals surface area contributed by atoms with E-state index in [9.17, 15) is 5.11 Å². The highest BCUT2D eigenvalue weighted by Crippen LogP contribution is 2.32. The third-order valence-electron chi connectivity index (χ3n) is 5.80. The number of pyridine rings is 2. The SMILES string of the molecule is Oc1cnc2cc(N3CCOCC3)nc(O[C@H]3CC[C@@H](Nc4ncccn4)CC3)c2c1. The molecule has 1 saturated carbocycles. The summed E-state index contributed by atoms with van der Waals surface area (Å²) in [6.45, 7) is 2.94. The average Bonchev–Trinajstić information content (AvgIpc) is 2.82. The van der Waals surface area contributed by atoms with Crippen molar-refractivity contribution < 1.29 is 14.6 Å². The van der Waals surface area contributed by atoms with Crippen molar-refractivity contribution in [2.45, 2.75) is 37.8 Å². The minimum absolute atomic E-state index is 0.0627. The standard InChI is InChI=1S/C22H26N6O3/c29-16-12-18-19(25-14-16)13-20(28-8-10-30-11-9-28)27-21(18)31-17-4-2-15(3-5-17)26-22-23-6-1-7-24-22/h1,6-7,12-15,17,29H,2-5,8-11H2,(H,23,24,26)/t15-,17+. The topological polar surface area (TPSA) is 106 Å². The first-order valence-electron chi connectivity index (χ1n) is 10.8. The zero-order valence-electron chi connectivity index (χ0n) is 17.3. The molecular formula is C22H26N6O3. The number of ether oxygens (including phenoxy) is 2. The van der Waals surface area contributed by atoms with E-state index in [1.807, 2.05) is 12.1 Å². The monoisotopic (exact) mass is 422 g/mol. The molecule has 0 spiro atoms. The van der Waals surface area contributed by atoms with Gasteiger partial charge in [-0.3, -0.25) is 4.98 Å². The second-order valence-electron chi connectivity index (χ2n) is 7.95. The molecular weight excluding hydrogens is 396 g/mol. The van der Waals surface area contributed by atoms with E-state index in [-0.39, 0.29) is 11.9 Å². The Morgan fingerprint density at radius 2 is 1.81 bits per heavy atom. The molecule has 3 aromatic rings. The van der Waals surface area contributed by atoms with Crippen molar-refractivity contribution in [3.05, 3.63) is 36.8 Å². The lowest BCUT2D eigenvalue weighted by molar-refractivity contribution is 0.122. The van der Waals surface area contributed by atoms with Crippen molar-refractivity contribution in [1.82, 2.24) is 19.9 Å². The molecule has 9 heteroatoms. The van der Waals surface area contributed by atoms with Crippen molar-refractivity contribution in [3.8, 4) is 11.6 Å². The van der Waals surface area contributed by atoms with Crippen LogP contribution in [0.25, 0.3) is 10.9 Å². The third-order valence-corrected chi connectivity index (χ3v) is 5.80. The van der Waals surface area contributed by atoms with Gasteiger partial charge < -0.3 is 24.8 Å². The van der Waals surface area contributed by atoms with Crippen LogP contribution in [-0.2, 0) is 4.74 Å². The van der Waals surface area contributed by atoms with E-state index in [2.05, 4.69) is 25.2 Å². The predicted octanol–water partition coefficient (Wildman–Crippen LogP) is 2.76. The van der Waals surface area contributed by atoms with Crippen molar-refractivity contribution in [1.29, 1.82) is 0 Å². The summed E-state index contributed by atoms with van der Waals surface area (Å²) in [6, 6.07) is 5.77. The first-order valence-corrected chi connectivity index (χ1v) is 10.8. The number of fused-ring (bicyclic) bond motifs is 1. The molecule has 3 aromatic heterocycles. The molecule has 0 amide bonds. The molecule has 2 fully saturated rings. The van der Waals surface area contributed by atoms with Crippen molar-refractivity contribution >= 4 is 22.7 Å². The fraction of sp³-hybridized carbons (Fsp3) is 0.455. The van der Waals surface area contributed by atoms with E-state index in [1.165, 1.54) is 6.20 Å². The number of morpholine rings is 1. The first kappa shape index (κ1) is 19.7. The second-order valence-corrected chi connectivity index (χ2v) is 7.95. The number of hydrogen-bond donors (Lipinski definition) is 2. The van der Waals surface area contributed by atoms with Crippen LogP contribution < -0.4 is 15.0 Å². The molecule has 0 aromatic carbocycles. The van der Waals surface area contributed by atoms with E-state index in [1.54, 1.807) is 18.5 Å². The number of anilines is 2. The zero-order valence-corrected chi connectivity index (χ0v) is 17.3. The van der Waals surface area contributed by atoms with Crippen LogP contribution in [-0.4, -0.2) is 63.5 Å². The number of nitrogens with zero attached hydrogens (tertiary/aromatic N) is 5. The first-order chi connectivity index (χ1) is 15.2. The highest BCUT2D eigenvalue weighted by molar-refractivity contribution is 5.86. The van der Waals surface area contributed by atoms with Gasteiger partial charge in [-0.05, 0) is 37.8 Å². The second kappa shape index (κ2) is 8.89. The van der Waals surface area contributed by atoms with Crippen LogP contribution in [0.15, 0.2) is 36.8 Å². The molecule has 0 unspecified atom stereocenters. The molecule has 0 bridgehead atoms. The molecule has 2 N–H and O–H groups in total. The minimum atomic E-state index is 0.0627. The van der Waals surface area contributed by atoms with Crippen LogP contribution in [0.2, 0.25) is 0 Å². The molecule has 1 saturated heterocycles. The van der Waals surface area contributed by atoms with Gasteiger partial charge in [-0.25, -0.2) is 9.97 Å². The van der Waals surface area contributed by atoms with E-state index in [0.29, 0.717) is 31.1 Å². The molecule has 5 rings (SSSR count). The van der Waals surface area contributed by atoms with Gasteiger partial charge in [0.15, 0.2) is 0 Å². The summed E-state index contributed by atoms with van der Waals surface area (Å²) >= 11 is 0. The minimum Gasteiger partial charge on any atom is -0.506 e. The fourth-order valence-corrected chi connectivity index (χ4v) is 4.15. The van der Waals surface area contributed by atoms with Crippen LogP contribution in [0.4, 0.5) is 11.8 Å². The third kappa shape index (κ3) is 4.61. The van der Waals surface area contributed by atoms with Crippen molar-refractivity contribution in [2.75, 3.05) is 36.5 Å². The van der Waals surface area contributed by atoms with E-state index in [4.69, 9.17) is 14.5 Å². The summed E-state index contributed by atoms with van der Waals surface area (Å²) in [5.74, 6) is 2.14. The van der Waals surface area contributed by atoms with Crippen LogP contribution >= 0.6 is 0 Å². The lowest BCUT2D eigenvalue weighted by atomic mass is 9.93. The maximum Gasteiger partial charge on any atom is 0.225 e. The largest absolute Gasteiger partial charge is 0.506 e. The zero-order chi connectivity index (χ0) is 21.0. The Balaban J connectivity index is 1.31. The van der Waals surface area contributed by atoms with Crippen molar-refractivity contribution in [2.24, 2.45) is 0 Å². The van der Waals surface area contributed by atoms with E-state index < -0.39 is 0 Å².